The van der Waals surface area contributed by atoms with Crippen LogP contribution >= 0.6 is 0 Å². The molecule has 108 valence electrons. The smallest absolute Gasteiger partial charge is 0.306 e. The van der Waals surface area contributed by atoms with Crippen LogP contribution in [0.2, 0.25) is 0 Å². The highest BCUT2D eigenvalue weighted by atomic mass is 16.4. The molecular formula is C15H19NO4. The molecule has 0 heterocycles. The van der Waals surface area contributed by atoms with Crippen LogP contribution in [0.25, 0.3) is 0 Å². The summed E-state index contributed by atoms with van der Waals surface area (Å²) < 4.78 is 0. The Morgan fingerprint density at radius 2 is 1.85 bits per heavy atom. The summed E-state index contributed by atoms with van der Waals surface area (Å²) in [5.41, 5.74) is 0.752. The molecule has 1 aromatic rings. The zero-order valence-electron chi connectivity index (χ0n) is 11.2. The predicted molar refractivity (Wildman–Crippen MR) is 72.9 cm³/mol. The zero-order chi connectivity index (χ0) is 14.5. The Balaban J connectivity index is 1.80. The van der Waals surface area contributed by atoms with Gasteiger partial charge < -0.3 is 15.5 Å². The SMILES string of the molecule is O=C(O)[C@H]1CC[C@@H](C(=O)NCC(O)c2ccccc2)C1. The lowest BCUT2D eigenvalue weighted by Gasteiger charge is -2.15. The second-order valence-electron chi connectivity index (χ2n) is 5.22. The van der Waals surface area contributed by atoms with E-state index in [1.54, 1.807) is 12.1 Å². The highest BCUT2D eigenvalue weighted by Crippen LogP contribution is 2.31. The van der Waals surface area contributed by atoms with Gasteiger partial charge in [0.2, 0.25) is 5.91 Å². The molecule has 0 spiro atoms. The molecule has 0 aromatic heterocycles. The molecule has 1 aromatic carbocycles. The summed E-state index contributed by atoms with van der Waals surface area (Å²) in [6, 6.07) is 9.11. The van der Waals surface area contributed by atoms with Gasteiger partial charge in [0.25, 0.3) is 0 Å². The van der Waals surface area contributed by atoms with Gasteiger partial charge in [0.1, 0.15) is 0 Å². The third-order valence-corrected chi connectivity index (χ3v) is 3.81. The highest BCUT2D eigenvalue weighted by Gasteiger charge is 2.33. The fourth-order valence-corrected chi connectivity index (χ4v) is 2.58. The first kappa shape index (κ1) is 14.5. The first-order valence-corrected chi connectivity index (χ1v) is 6.81. The van der Waals surface area contributed by atoms with E-state index in [2.05, 4.69) is 5.32 Å². The normalized spacial score (nSPS) is 23.2. The van der Waals surface area contributed by atoms with Gasteiger partial charge in [-0.15, -0.1) is 0 Å². The molecule has 5 heteroatoms. The summed E-state index contributed by atoms with van der Waals surface area (Å²) >= 11 is 0. The van der Waals surface area contributed by atoms with E-state index in [4.69, 9.17) is 5.11 Å². The molecule has 1 fully saturated rings. The van der Waals surface area contributed by atoms with E-state index in [0.29, 0.717) is 19.3 Å². The van der Waals surface area contributed by atoms with Crippen LogP contribution in [-0.2, 0) is 9.59 Å². The largest absolute Gasteiger partial charge is 0.481 e. The predicted octanol–water partition coefficient (Wildman–Crippen LogP) is 1.34. The molecular weight excluding hydrogens is 258 g/mol. The molecule has 1 aliphatic carbocycles. The van der Waals surface area contributed by atoms with Gasteiger partial charge in [-0.05, 0) is 24.8 Å². The molecule has 2 rings (SSSR count). The standard InChI is InChI=1S/C15H19NO4/c17-13(10-4-2-1-3-5-10)9-16-14(18)11-6-7-12(8-11)15(19)20/h1-5,11-13,17H,6-9H2,(H,16,18)(H,19,20)/t11-,12+,13?/m1/s1. The molecule has 0 saturated heterocycles. The summed E-state index contributed by atoms with van der Waals surface area (Å²) in [4.78, 5) is 22.8. The molecule has 5 nitrogen and oxygen atoms in total. The van der Waals surface area contributed by atoms with E-state index < -0.39 is 18.0 Å². The Hall–Kier alpha value is -1.88. The van der Waals surface area contributed by atoms with Crippen LogP contribution in [0, 0.1) is 11.8 Å². The quantitative estimate of drug-likeness (QED) is 0.758. The summed E-state index contributed by atoms with van der Waals surface area (Å²) in [7, 11) is 0. The summed E-state index contributed by atoms with van der Waals surface area (Å²) in [6.07, 6.45) is 0.804. The minimum Gasteiger partial charge on any atom is -0.481 e. The molecule has 0 radical (unpaired) electrons. The van der Waals surface area contributed by atoms with E-state index in [0.717, 1.165) is 5.56 Å². The van der Waals surface area contributed by atoms with Crippen LogP contribution in [-0.4, -0.2) is 28.6 Å². The third-order valence-electron chi connectivity index (χ3n) is 3.81. The Labute approximate surface area is 117 Å². The van der Waals surface area contributed by atoms with Crippen LogP contribution in [0.3, 0.4) is 0 Å². The summed E-state index contributed by atoms with van der Waals surface area (Å²) in [5, 5.41) is 21.6. The highest BCUT2D eigenvalue weighted by molar-refractivity contribution is 5.80. The van der Waals surface area contributed by atoms with E-state index in [1.165, 1.54) is 0 Å². The Kier molecular flexibility index (Phi) is 4.74. The van der Waals surface area contributed by atoms with E-state index >= 15 is 0 Å². The molecule has 0 bridgehead atoms. The lowest BCUT2D eigenvalue weighted by molar-refractivity contribution is -0.141. The van der Waals surface area contributed by atoms with Crippen molar-refractivity contribution in [2.75, 3.05) is 6.54 Å². The monoisotopic (exact) mass is 277 g/mol. The van der Waals surface area contributed by atoms with Gasteiger partial charge in [0.15, 0.2) is 0 Å². The van der Waals surface area contributed by atoms with Crippen molar-refractivity contribution in [1.29, 1.82) is 0 Å². The molecule has 1 saturated carbocycles. The summed E-state index contributed by atoms with van der Waals surface area (Å²) in [5.74, 6) is -1.66. The van der Waals surface area contributed by atoms with Crippen molar-refractivity contribution < 1.29 is 19.8 Å². The number of aliphatic hydroxyl groups is 1. The van der Waals surface area contributed by atoms with Gasteiger partial charge in [-0.3, -0.25) is 9.59 Å². The van der Waals surface area contributed by atoms with Crippen molar-refractivity contribution in [3.63, 3.8) is 0 Å². The number of amides is 1. The molecule has 0 aliphatic heterocycles. The van der Waals surface area contributed by atoms with Gasteiger partial charge in [0.05, 0.1) is 12.0 Å². The molecule has 3 N–H and O–H groups in total. The van der Waals surface area contributed by atoms with Gasteiger partial charge in [-0.1, -0.05) is 30.3 Å². The maximum Gasteiger partial charge on any atom is 0.306 e. The minimum atomic E-state index is -0.829. The topological polar surface area (TPSA) is 86.6 Å². The number of rotatable bonds is 5. The average molecular weight is 277 g/mol. The van der Waals surface area contributed by atoms with Crippen molar-refractivity contribution in [3.8, 4) is 0 Å². The summed E-state index contributed by atoms with van der Waals surface area (Å²) in [6.45, 7) is 0.150. The number of carboxylic acid groups (broad SMARTS) is 1. The van der Waals surface area contributed by atoms with Crippen molar-refractivity contribution >= 4 is 11.9 Å². The Bertz CT molecular complexity index is 474. The van der Waals surface area contributed by atoms with Gasteiger partial charge in [0, 0.05) is 12.5 Å². The van der Waals surface area contributed by atoms with Crippen LogP contribution in [0.4, 0.5) is 0 Å². The van der Waals surface area contributed by atoms with Crippen molar-refractivity contribution in [3.05, 3.63) is 35.9 Å². The number of hydrogen-bond acceptors (Lipinski definition) is 3. The molecule has 1 unspecified atom stereocenters. The maximum atomic E-state index is 11.9. The van der Waals surface area contributed by atoms with Crippen LogP contribution in [0.1, 0.15) is 30.9 Å². The van der Waals surface area contributed by atoms with Crippen LogP contribution in [0.5, 0.6) is 0 Å². The van der Waals surface area contributed by atoms with E-state index in [-0.39, 0.29) is 18.4 Å². The zero-order valence-corrected chi connectivity index (χ0v) is 11.2. The van der Waals surface area contributed by atoms with Gasteiger partial charge >= 0.3 is 5.97 Å². The second-order valence-corrected chi connectivity index (χ2v) is 5.22. The number of carbonyl (C=O) groups excluding carboxylic acids is 1. The number of carbonyl (C=O) groups is 2. The van der Waals surface area contributed by atoms with Crippen molar-refractivity contribution in [1.82, 2.24) is 5.32 Å². The first-order chi connectivity index (χ1) is 9.58. The van der Waals surface area contributed by atoms with Crippen LogP contribution in [0.15, 0.2) is 30.3 Å². The number of carboxylic acids is 1. The number of aliphatic hydroxyl groups excluding tert-OH is 1. The van der Waals surface area contributed by atoms with E-state index in [9.17, 15) is 14.7 Å². The Morgan fingerprint density at radius 3 is 2.45 bits per heavy atom. The number of benzene rings is 1. The fraction of sp³-hybridized carbons (Fsp3) is 0.467. The molecule has 1 amide bonds. The average Bonchev–Trinajstić information content (AvgIpc) is 2.95. The Morgan fingerprint density at radius 1 is 1.20 bits per heavy atom. The lowest BCUT2D eigenvalue weighted by Crippen LogP contribution is -2.33. The molecule has 20 heavy (non-hydrogen) atoms. The van der Waals surface area contributed by atoms with Crippen molar-refractivity contribution in [2.45, 2.75) is 25.4 Å². The number of nitrogens with one attached hydrogen (secondary N) is 1. The van der Waals surface area contributed by atoms with Crippen LogP contribution < -0.4 is 5.32 Å². The maximum absolute atomic E-state index is 11.9. The second kappa shape index (κ2) is 6.52. The molecule has 1 aliphatic rings. The first-order valence-electron chi connectivity index (χ1n) is 6.81. The van der Waals surface area contributed by atoms with E-state index in [1.807, 2.05) is 18.2 Å². The van der Waals surface area contributed by atoms with Crippen molar-refractivity contribution in [2.24, 2.45) is 11.8 Å². The molecule has 3 atom stereocenters. The third kappa shape index (κ3) is 3.57. The number of aliphatic carboxylic acids is 1. The van der Waals surface area contributed by atoms with Gasteiger partial charge in [-0.25, -0.2) is 0 Å². The minimum absolute atomic E-state index is 0.150. The fourth-order valence-electron chi connectivity index (χ4n) is 2.58. The number of hydrogen-bond donors (Lipinski definition) is 3. The lowest BCUT2D eigenvalue weighted by atomic mass is 10.0. The van der Waals surface area contributed by atoms with Gasteiger partial charge in [-0.2, -0.15) is 0 Å².